The molecule has 3 rings (SSSR count). The monoisotopic (exact) mass is 315 g/mol. The lowest BCUT2D eigenvalue weighted by atomic mass is 10.0. The number of carboxylic acid groups (broad SMARTS) is 1. The summed E-state index contributed by atoms with van der Waals surface area (Å²) in [5.74, 6) is -1.02. The number of anilines is 1. The number of carboxylic acids is 1. The number of benzene rings is 1. The van der Waals surface area contributed by atoms with E-state index in [9.17, 15) is 9.59 Å². The highest BCUT2D eigenvalue weighted by Crippen LogP contribution is 2.32. The molecule has 2 aromatic rings. The number of rotatable bonds is 2. The second-order valence-electron chi connectivity index (χ2n) is 5.48. The predicted molar refractivity (Wildman–Crippen MR) is 87.1 cm³/mol. The van der Waals surface area contributed by atoms with E-state index in [4.69, 9.17) is 5.11 Å². The maximum Gasteiger partial charge on any atom is 0.335 e. The molecule has 0 radical (unpaired) electrons. The lowest BCUT2D eigenvalue weighted by Crippen LogP contribution is -2.31. The quantitative estimate of drug-likeness (QED) is 0.918. The number of aryl methyl sites for hydroxylation is 2. The van der Waals surface area contributed by atoms with Gasteiger partial charge in [0, 0.05) is 17.0 Å². The molecular weight excluding hydrogens is 298 g/mol. The maximum absolute atomic E-state index is 12.8. The molecule has 1 N–H and O–H groups in total. The van der Waals surface area contributed by atoms with Crippen LogP contribution in [0.5, 0.6) is 0 Å². The molecule has 5 heteroatoms. The van der Waals surface area contributed by atoms with E-state index in [0.717, 1.165) is 24.9 Å². The Bertz CT molecular complexity index is 735. The molecule has 0 saturated heterocycles. The van der Waals surface area contributed by atoms with Gasteiger partial charge in [-0.05, 0) is 61.4 Å². The van der Waals surface area contributed by atoms with Crippen LogP contribution < -0.4 is 4.90 Å². The average Bonchev–Trinajstić information content (AvgIpc) is 2.86. The van der Waals surface area contributed by atoms with Gasteiger partial charge in [-0.25, -0.2) is 4.79 Å². The molecule has 0 spiro atoms. The molecule has 1 aromatic carbocycles. The number of thiophene rings is 1. The van der Waals surface area contributed by atoms with Crippen molar-refractivity contribution >= 4 is 28.9 Å². The maximum atomic E-state index is 12.8. The Morgan fingerprint density at radius 3 is 2.77 bits per heavy atom. The Labute approximate surface area is 133 Å². The standard InChI is InChI=1S/C17H17NO3S/c1-11-10-12(5-6-13(11)17(20)21)16(19)18-8-3-2-4-15-14(18)7-9-22-15/h5-7,9-10H,2-4,8H2,1H3,(H,20,21). The van der Waals surface area contributed by atoms with Crippen molar-refractivity contribution in [2.75, 3.05) is 11.4 Å². The van der Waals surface area contributed by atoms with E-state index in [2.05, 4.69) is 0 Å². The van der Waals surface area contributed by atoms with Crippen molar-refractivity contribution < 1.29 is 14.7 Å². The molecule has 0 bridgehead atoms. The zero-order valence-corrected chi connectivity index (χ0v) is 13.2. The van der Waals surface area contributed by atoms with Crippen LogP contribution in [0.25, 0.3) is 0 Å². The summed E-state index contributed by atoms with van der Waals surface area (Å²) in [6, 6.07) is 6.79. The third-order valence-electron chi connectivity index (χ3n) is 4.00. The Morgan fingerprint density at radius 2 is 2.05 bits per heavy atom. The van der Waals surface area contributed by atoms with E-state index in [-0.39, 0.29) is 11.5 Å². The van der Waals surface area contributed by atoms with Crippen molar-refractivity contribution in [1.82, 2.24) is 0 Å². The van der Waals surface area contributed by atoms with Crippen LogP contribution in [0.1, 0.15) is 44.0 Å². The molecule has 1 aliphatic rings. The Morgan fingerprint density at radius 1 is 1.23 bits per heavy atom. The summed E-state index contributed by atoms with van der Waals surface area (Å²) < 4.78 is 0. The van der Waals surface area contributed by atoms with Gasteiger partial charge in [-0.15, -0.1) is 11.3 Å². The highest BCUT2D eigenvalue weighted by Gasteiger charge is 2.23. The van der Waals surface area contributed by atoms with Crippen molar-refractivity contribution in [3.05, 3.63) is 51.2 Å². The van der Waals surface area contributed by atoms with Gasteiger partial charge in [0.1, 0.15) is 0 Å². The minimum absolute atomic E-state index is 0.0541. The number of hydrogen-bond acceptors (Lipinski definition) is 3. The molecule has 1 amide bonds. The molecule has 1 aliphatic heterocycles. The largest absolute Gasteiger partial charge is 0.478 e. The van der Waals surface area contributed by atoms with E-state index in [1.807, 2.05) is 16.3 Å². The first-order chi connectivity index (χ1) is 10.6. The fourth-order valence-corrected chi connectivity index (χ4v) is 3.76. The molecule has 4 nitrogen and oxygen atoms in total. The van der Waals surface area contributed by atoms with Gasteiger partial charge in [0.2, 0.25) is 0 Å². The molecule has 114 valence electrons. The van der Waals surface area contributed by atoms with E-state index in [1.54, 1.807) is 30.4 Å². The highest BCUT2D eigenvalue weighted by molar-refractivity contribution is 7.10. The average molecular weight is 315 g/mol. The van der Waals surface area contributed by atoms with E-state index in [1.165, 1.54) is 10.9 Å². The second kappa shape index (κ2) is 5.93. The SMILES string of the molecule is Cc1cc(C(=O)N2CCCCc3sccc32)ccc1C(=O)O. The first-order valence-corrected chi connectivity index (χ1v) is 8.18. The molecular formula is C17H17NO3S. The summed E-state index contributed by atoms with van der Waals surface area (Å²) in [5.41, 5.74) is 2.40. The van der Waals surface area contributed by atoms with Gasteiger partial charge in [-0.1, -0.05) is 0 Å². The van der Waals surface area contributed by atoms with Gasteiger partial charge in [0.05, 0.1) is 11.3 Å². The van der Waals surface area contributed by atoms with Gasteiger partial charge in [0.25, 0.3) is 5.91 Å². The number of amides is 1. The van der Waals surface area contributed by atoms with Gasteiger partial charge < -0.3 is 10.0 Å². The lowest BCUT2D eigenvalue weighted by Gasteiger charge is -2.21. The summed E-state index contributed by atoms with van der Waals surface area (Å²) in [6.45, 7) is 2.43. The predicted octanol–water partition coefficient (Wildman–Crippen LogP) is 3.74. The number of hydrogen-bond donors (Lipinski definition) is 1. The Kier molecular flexibility index (Phi) is 3.98. The molecule has 2 heterocycles. The van der Waals surface area contributed by atoms with Gasteiger partial charge in [-0.2, -0.15) is 0 Å². The lowest BCUT2D eigenvalue weighted by molar-refractivity contribution is 0.0695. The first kappa shape index (κ1) is 14.8. The van der Waals surface area contributed by atoms with Crippen LogP contribution in [-0.2, 0) is 6.42 Å². The van der Waals surface area contributed by atoms with Crippen molar-refractivity contribution in [3.63, 3.8) is 0 Å². The summed E-state index contributed by atoms with van der Waals surface area (Å²) in [4.78, 5) is 27.0. The number of carbonyl (C=O) groups excluding carboxylic acids is 1. The van der Waals surface area contributed by atoms with Gasteiger partial charge in [-0.3, -0.25) is 4.79 Å². The van der Waals surface area contributed by atoms with Crippen LogP contribution in [-0.4, -0.2) is 23.5 Å². The van der Waals surface area contributed by atoms with Crippen molar-refractivity contribution in [2.45, 2.75) is 26.2 Å². The van der Waals surface area contributed by atoms with Crippen LogP contribution in [0.4, 0.5) is 5.69 Å². The Hall–Kier alpha value is -2.14. The molecule has 0 unspecified atom stereocenters. The zero-order chi connectivity index (χ0) is 15.7. The van der Waals surface area contributed by atoms with Crippen molar-refractivity contribution in [3.8, 4) is 0 Å². The molecule has 22 heavy (non-hydrogen) atoms. The van der Waals surface area contributed by atoms with E-state index >= 15 is 0 Å². The topological polar surface area (TPSA) is 57.6 Å². The fraction of sp³-hybridized carbons (Fsp3) is 0.294. The summed E-state index contributed by atoms with van der Waals surface area (Å²) in [5, 5.41) is 11.1. The van der Waals surface area contributed by atoms with Gasteiger partial charge >= 0.3 is 5.97 Å². The molecule has 0 aliphatic carbocycles. The smallest absolute Gasteiger partial charge is 0.335 e. The summed E-state index contributed by atoms with van der Waals surface area (Å²) in [7, 11) is 0. The summed E-state index contributed by atoms with van der Waals surface area (Å²) in [6.07, 6.45) is 3.10. The molecule has 0 saturated carbocycles. The van der Waals surface area contributed by atoms with Crippen LogP contribution in [0.15, 0.2) is 29.6 Å². The summed E-state index contributed by atoms with van der Waals surface area (Å²) >= 11 is 1.69. The fourth-order valence-electron chi connectivity index (χ4n) is 2.84. The minimum Gasteiger partial charge on any atom is -0.478 e. The minimum atomic E-state index is -0.966. The van der Waals surface area contributed by atoms with Crippen LogP contribution >= 0.6 is 11.3 Å². The third kappa shape index (κ3) is 2.64. The third-order valence-corrected chi connectivity index (χ3v) is 4.97. The second-order valence-corrected chi connectivity index (χ2v) is 6.48. The molecule has 0 atom stereocenters. The van der Waals surface area contributed by atoms with Crippen molar-refractivity contribution in [1.29, 1.82) is 0 Å². The highest BCUT2D eigenvalue weighted by atomic mass is 32.1. The van der Waals surface area contributed by atoms with Crippen LogP contribution in [0.3, 0.4) is 0 Å². The number of fused-ring (bicyclic) bond motifs is 1. The number of carbonyl (C=O) groups is 2. The van der Waals surface area contributed by atoms with Crippen molar-refractivity contribution in [2.24, 2.45) is 0 Å². The Balaban J connectivity index is 1.95. The number of aromatic carboxylic acids is 1. The molecule has 1 aromatic heterocycles. The van der Waals surface area contributed by atoms with E-state index < -0.39 is 5.97 Å². The zero-order valence-electron chi connectivity index (χ0n) is 12.3. The normalized spacial score (nSPS) is 14.3. The van der Waals surface area contributed by atoms with Crippen LogP contribution in [0, 0.1) is 6.92 Å². The van der Waals surface area contributed by atoms with E-state index in [0.29, 0.717) is 17.7 Å². The number of nitrogens with zero attached hydrogens (tertiary/aromatic N) is 1. The first-order valence-electron chi connectivity index (χ1n) is 7.30. The molecule has 0 fully saturated rings. The van der Waals surface area contributed by atoms with Gasteiger partial charge in [0.15, 0.2) is 0 Å². The van der Waals surface area contributed by atoms with Crippen LogP contribution in [0.2, 0.25) is 0 Å².